The van der Waals surface area contributed by atoms with Gasteiger partial charge in [-0.2, -0.15) is 0 Å². The van der Waals surface area contributed by atoms with E-state index in [1.165, 1.54) is 0 Å². The number of likely N-dealkylation sites (N-methyl/N-ethyl adjacent to an activating group) is 1. The molecule has 0 fully saturated rings. The smallest absolute Gasteiger partial charge is 0.236 e. The van der Waals surface area contributed by atoms with Gasteiger partial charge in [0.25, 0.3) is 0 Å². The minimum atomic E-state index is 0.175. The van der Waals surface area contributed by atoms with E-state index in [1.807, 2.05) is 30.1 Å². The van der Waals surface area contributed by atoms with E-state index in [0.29, 0.717) is 19.0 Å². The number of amides is 1. The fourth-order valence-electron chi connectivity index (χ4n) is 3.53. The number of nitrogens with zero attached hydrogens (tertiary/aromatic N) is 5. The first-order valence-electron chi connectivity index (χ1n) is 9.41. The van der Waals surface area contributed by atoms with Gasteiger partial charge in [0.1, 0.15) is 5.82 Å². The predicted molar refractivity (Wildman–Crippen MR) is 102 cm³/mol. The molecular formula is C20H29N5O. The fraction of sp³-hybridized carbons (Fsp3) is 0.550. The molecule has 3 rings (SSSR count). The Morgan fingerprint density at radius 3 is 2.58 bits per heavy atom. The third-order valence-corrected chi connectivity index (χ3v) is 5.09. The van der Waals surface area contributed by atoms with Crippen LogP contribution in [0.4, 0.5) is 0 Å². The summed E-state index contributed by atoms with van der Waals surface area (Å²) in [6.45, 7) is 9.25. The lowest BCUT2D eigenvalue weighted by atomic mass is 10.0. The molecule has 1 aliphatic heterocycles. The molecule has 1 unspecified atom stereocenters. The second kappa shape index (κ2) is 7.99. The van der Waals surface area contributed by atoms with Crippen LogP contribution in [0.5, 0.6) is 0 Å². The van der Waals surface area contributed by atoms with Crippen LogP contribution in [-0.4, -0.2) is 56.7 Å². The van der Waals surface area contributed by atoms with E-state index in [4.69, 9.17) is 0 Å². The highest BCUT2D eigenvalue weighted by molar-refractivity contribution is 5.78. The molecule has 1 amide bonds. The van der Waals surface area contributed by atoms with Crippen molar-refractivity contribution in [3.63, 3.8) is 0 Å². The van der Waals surface area contributed by atoms with Crippen molar-refractivity contribution < 1.29 is 4.79 Å². The normalized spacial score (nSPS) is 15.7. The average Bonchev–Trinajstić information content (AvgIpc) is 3.04. The van der Waals surface area contributed by atoms with Gasteiger partial charge in [-0.1, -0.05) is 44.2 Å². The number of carbonyl (C=O) groups is 1. The van der Waals surface area contributed by atoms with Crippen LogP contribution >= 0.6 is 0 Å². The lowest BCUT2D eigenvalue weighted by Gasteiger charge is -2.31. The van der Waals surface area contributed by atoms with Gasteiger partial charge in [0, 0.05) is 31.7 Å². The highest BCUT2D eigenvalue weighted by Gasteiger charge is 2.25. The van der Waals surface area contributed by atoms with Gasteiger partial charge in [-0.15, -0.1) is 10.2 Å². The average molecular weight is 355 g/mol. The molecule has 0 aliphatic carbocycles. The Bertz CT molecular complexity index is 740. The SMILES string of the molecule is CC(C)CC(C)N(C)C(=O)CN1CCn2c(nnc2-c2ccccc2)C1. The second-order valence-corrected chi connectivity index (χ2v) is 7.65. The standard InChI is InChI=1S/C20H29N5O/c1-15(2)12-16(3)23(4)19(26)14-24-10-11-25-18(13-24)21-22-20(25)17-8-6-5-7-9-17/h5-9,15-16H,10-14H2,1-4H3. The summed E-state index contributed by atoms with van der Waals surface area (Å²) >= 11 is 0. The molecular weight excluding hydrogens is 326 g/mol. The van der Waals surface area contributed by atoms with E-state index in [-0.39, 0.29) is 11.9 Å². The van der Waals surface area contributed by atoms with Crippen molar-refractivity contribution >= 4 is 5.91 Å². The molecule has 1 aliphatic rings. The molecule has 1 aromatic heterocycles. The first-order valence-corrected chi connectivity index (χ1v) is 9.41. The van der Waals surface area contributed by atoms with Crippen molar-refractivity contribution in [3.8, 4) is 11.4 Å². The Morgan fingerprint density at radius 2 is 1.88 bits per heavy atom. The molecule has 1 aromatic carbocycles. The minimum Gasteiger partial charge on any atom is -0.342 e. The van der Waals surface area contributed by atoms with E-state index in [2.05, 4.69) is 52.6 Å². The Morgan fingerprint density at radius 1 is 1.15 bits per heavy atom. The summed E-state index contributed by atoms with van der Waals surface area (Å²) in [6.07, 6.45) is 1.02. The monoisotopic (exact) mass is 355 g/mol. The summed E-state index contributed by atoms with van der Waals surface area (Å²) in [5, 5.41) is 8.72. The zero-order chi connectivity index (χ0) is 18.7. The van der Waals surface area contributed by atoms with Crippen LogP contribution in [0.25, 0.3) is 11.4 Å². The molecule has 26 heavy (non-hydrogen) atoms. The Hall–Kier alpha value is -2.21. The minimum absolute atomic E-state index is 0.175. The van der Waals surface area contributed by atoms with Crippen molar-refractivity contribution in [3.05, 3.63) is 36.2 Å². The number of rotatable bonds is 6. The van der Waals surface area contributed by atoms with Crippen LogP contribution in [0.2, 0.25) is 0 Å². The van der Waals surface area contributed by atoms with E-state index < -0.39 is 0 Å². The number of benzene rings is 1. The maximum absolute atomic E-state index is 12.6. The van der Waals surface area contributed by atoms with E-state index >= 15 is 0 Å². The van der Waals surface area contributed by atoms with Gasteiger partial charge in [0.15, 0.2) is 5.82 Å². The molecule has 140 valence electrons. The predicted octanol–water partition coefficient (Wildman–Crippen LogP) is 2.65. The summed E-state index contributed by atoms with van der Waals surface area (Å²) in [5.74, 6) is 2.61. The van der Waals surface area contributed by atoms with Crippen LogP contribution in [0, 0.1) is 5.92 Å². The maximum Gasteiger partial charge on any atom is 0.236 e. The number of fused-ring (bicyclic) bond motifs is 1. The second-order valence-electron chi connectivity index (χ2n) is 7.65. The van der Waals surface area contributed by atoms with Crippen LogP contribution in [0.1, 0.15) is 33.0 Å². The zero-order valence-electron chi connectivity index (χ0n) is 16.2. The van der Waals surface area contributed by atoms with Gasteiger partial charge < -0.3 is 9.47 Å². The Kier molecular flexibility index (Phi) is 5.71. The van der Waals surface area contributed by atoms with E-state index in [0.717, 1.165) is 36.7 Å². The summed E-state index contributed by atoms with van der Waals surface area (Å²) in [5.41, 5.74) is 1.08. The third kappa shape index (κ3) is 4.12. The molecule has 2 heterocycles. The van der Waals surface area contributed by atoms with Crippen LogP contribution in [0.3, 0.4) is 0 Å². The number of hydrogen-bond donors (Lipinski definition) is 0. The molecule has 2 aromatic rings. The summed E-state index contributed by atoms with van der Waals surface area (Å²) < 4.78 is 2.17. The van der Waals surface area contributed by atoms with Crippen molar-refractivity contribution in [2.75, 3.05) is 20.1 Å². The molecule has 0 bridgehead atoms. The number of aromatic nitrogens is 3. The molecule has 0 spiro atoms. The first kappa shape index (κ1) is 18.6. The van der Waals surface area contributed by atoms with E-state index in [1.54, 1.807) is 0 Å². The van der Waals surface area contributed by atoms with Crippen LogP contribution < -0.4 is 0 Å². The first-order chi connectivity index (χ1) is 12.5. The van der Waals surface area contributed by atoms with Crippen molar-refractivity contribution in [1.29, 1.82) is 0 Å². The molecule has 1 atom stereocenters. The lowest BCUT2D eigenvalue weighted by Crippen LogP contribution is -2.45. The molecule has 0 saturated heterocycles. The molecule has 6 heteroatoms. The Balaban J connectivity index is 1.63. The van der Waals surface area contributed by atoms with Crippen LogP contribution in [0.15, 0.2) is 30.3 Å². The topological polar surface area (TPSA) is 54.3 Å². The highest BCUT2D eigenvalue weighted by atomic mass is 16.2. The van der Waals surface area contributed by atoms with Gasteiger partial charge >= 0.3 is 0 Å². The summed E-state index contributed by atoms with van der Waals surface area (Å²) in [4.78, 5) is 16.7. The largest absolute Gasteiger partial charge is 0.342 e. The highest BCUT2D eigenvalue weighted by Crippen LogP contribution is 2.21. The van der Waals surface area contributed by atoms with Gasteiger partial charge in [-0.25, -0.2) is 0 Å². The van der Waals surface area contributed by atoms with Crippen molar-refractivity contribution in [2.24, 2.45) is 5.92 Å². The summed E-state index contributed by atoms with van der Waals surface area (Å²) in [7, 11) is 1.91. The van der Waals surface area contributed by atoms with Gasteiger partial charge in [0.05, 0.1) is 13.1 Å². The van der Waals surface area contributed by atoms with Gasteiger partial charge in [0.2, 0.25) is 5.91 Å². The maximum atomic E-state index is 12.6. The van der Waals surface area contributed by atoms with Crippen molar-refractivity contribution in [2.45, 2.75) is 46.3 Å². The van der Waals surface area contributed by atoms with Gasteiger partial charge in [-0.3, -0.25) is 9.69 Å². The Labute approximate surface area is 155 Å². The fourth-order valence-corrected chi connectivity index (χ4v) is 3.53. The van der Waals surface area contributed by atoms with E-state index in [9.17, 15) is 4.79 Å². The number of hydrogen-bond acceptors (Lipinski definition) is 4. The molecule has 0 radical (unpaired) electrons. The third-order valence-electron chi connectivity index (χ3n) is 5.09. The quantitative estimate of drug-likeness (QED) is 0.799. The van der Waals surface area contributed by atoms with Gasteiger partial charge in [-0.05, 0) is 19.3 Å². The summed E-state index contributed by atoms with van der Waals surface area (Å²) in [6, 6.07) is 10.4. The number of carbonyl (C=O) groups excluding carboxylic acids is 1. The lowest BCUT2D eigenvalue weighted by molar-refractivity contribution is -0.133. The molecule has 0 N–H and O–H groups in total. The van der Waals surface area contributed by atoms with Crippen LogP contribution in [-0.2, 0) is 17.9 Å². The molecule has 6 nitrogen and oxygen atoms in total. The van der Waals surface area contributed by atoms with Crippen molar-refractivity contribution in [1.82, 2.24) is 24.6 Å². The molecule has 0 saturated carbocycles. The zero-order valence-corrected chi connectivity index (χ0v) is 16.2.